The van der Waals surface area contributed by atoms with E-state index in [1.807, 2.05) is 30.5 Å². The number of pyridine rings is 1. The maximum absolute atomic E-state index is 9.78. The second-order valence-corrected chi connectivity index (χ2v) is 6.38. The molecule has 1 atom stereocenters. The zero-order valence-electron chi connectivity index (χ0n) is 13.4. The molecule has 0 spiro atoms. The van der Waals surface area contributed by atoms with E-state index in [1.54, 1.807) is 12.1 Å². The molecule has 0 radical (unpaired) electrons. The number of anilines is 1. The molecule has 0 saturated carbocycles. The van der Waals surface area contributed by atoms with E-state index in [-0.39, 0.29) is 11.5 Å². The number of fused-ring (bicyclic) bond motifs is 1. The molecule has 0 amide bonds. The number of piperidine rings is 1. The van der Waals surface area contributed by atoms with Crippen molar-refractivity contribution in [1.29, 1.82) is 0 Å². The molecule has 2 aromatic carbocycles. The van der Waals surface area contributed by atoms with Gasteiger partial charge in [0.15, 0.2) is 11.5 Å². The highest BCUT2D eigenvalue weighted by molar-refractivity contribution is 5.91. The molecule has 1 unspecified atom stereocenters. The zero-order chi connectivity index (χ0) is 16.5. The fraction of sp³-hybridized carbons (Fsp3) is 0.250. The molecule has 4 nitrogen and oxygen atoms in total. The maximum Gasteiger partial charge on any atom is 0.157 e. The number of nitrogens with zero attached hydrogens (tertiary/aromatic N) is 2. The van der Waals surface area contributed by atoms with Gasteiger partial charge in [0.05, 0.1) is 5.52 Å². The molecular formula is C20H20N2O2. The lowest BCUT2D eigenvalue weighted by molar-refractivity contribution is 0.401. The van der Waals surface area contributed by atoms with Gasteiger partial charge in [0, 0.05) is 36.3 Å². The summed E-state index contributed by atoms with van der Waals surface area (Å²) < 4.78 is 0. The van der Waals surface area contributed by atoms with Crippen molar-refractivity contribution in [3.8, 4) is 11.5 Å². The molecule has 122 valence electrons. The molecule has 1 aliphatic heterocycles. The molecule has 1 aliphatic rings. The third-order valence-corrected chi connectivity index (χ3v) is 4.86. The van der Waals surface area contributed by atoms with Crippen molar-refractivity contribution in [3.63, 3.8) is 0 Å². The van der Waals surface area contributed by atoms with Gasteiger partial charge in [-0.2, -0.15) is 0 Å². The molecule has 3 aromatic rings. The molecular weight excluding hydrogens is 300 g/mol. The average Bonchev–Trinajstić information content (AvgIpc) is 2.63. The summed E-state index contributed by atoms with van der Waals surface area (Å²) in [6, 6.07) is 15.5. The summed E-state index contributed by atoms with van der Waals surface area (Å²) in [6.45, 7) is 1.92. The Balaban J connectivity index is 1.66. The monoisotopic (exact) mass is 320 g/mol. The van der Waals surface area contributed by atoms with Gasteiger partial charge in [0.25, 0.3) is 0 Å². The van der Waals surface area contributed by atoms with E-state index in [1.165, 1.54) is 11.1 Å². The minimum absolute atomic E-state index is 0.0426. The van der Waals surface area contributed by atoms with Crippen LogP contribution < -0.4 is 4.90 Å². The molecule has 0 aliphatic carbocycles. The molecule has 1 saturated heterocycles. The van der Waals surface area contributed by atoms with Gasteiger partial charge in [-0.1, -0.05) is 24.3 Å². The van der Waals surface area contributed by atoms with Gasteiger partial charge in [0.2, 0.25) is 0 Å². The Morgan fingerprint density at radius 2 is 1.88 bits per heavy atom. The van der Waals surface area contributed by atoms with Crippen LogP contribution in [0.4, 0.5) is 5.69 Å². The van der Waals surface area contributed by atoms with Crippen LogP contribution in [-0.4, -0.2) is 28.3 Å². The van der Waals surface area contributed by atoms with Gasteiger partial charge in [-0.05, 0) is 42.7 Å². The van der Waals surface area contributed by atoms with Crippen LogP contribution in [0, 0.1) is 0 Å². The molecule has 2 heterocycles. The van der Waals surface area contributed by atoms with Crippen LogP contribution >= 0.6 is 0 Å². The highest BCUT2D eigenvalue weighted by atomic mass is 16.3. The predicted octanol–water partition coefficient (Wildman–Crippen LogP) is 4.03. The van der Waals surface area contributed by atoms with Crippen molar-refractivity contribution >= 4 is 16.6 Å². The van der Waals surface area contributed by atoms with E-state index in [2.05, 4.69) is 22.0 Å². The van der Waals surface area contributed by atoms with Gasteiger partial charge in [-0.25, -0.2) is 0 Å². The van der Waals surface area contributed by atoms with E-state index in [0.717, 1.165) is 37.0 Å². The second kappa shape index (κ2) is 6.04. The molecule has 0 bridgehead atoms. The van der Waals surface area contributed by atoms with E-state index in [9.17, 15) is 10.2 Å². The summed E-state index contributed by atoms with van der Waals surface area (Å²) in [6.07, 6.45) is 4.06. The van der Waals surface area contributed by atoms with Gasteiger partial charge in [0.1, 0.15) is 0 Å². The van der Waals surface area contributed by atoms with E-state index < -0.39 is 0 Å². The van der Waals surface area contributed by atoms with Crippen molar-refractivity contribution in [2.75, 3.05) is 18.0 Å². The number of phenols is 2. The molecule has 2 N–H and O–H groups in total. The third kappa shape index (κ3) is 2.64. The first-order valence-electron chi connectivity index (χ1n) is 8.33. The molecule has 24 heavy (non-hydrogen) atoms. The van der Waals surface area contributed by atoms with Crippen LogP contribution in [0.15, 0.2) is 54.7 Å². The number of hydrogen-bond acceptors (Lipinski definition) is 4. The molecule has 4 heteroatoms. The third-order valence-electron chi connectivity index (χ3n) is 4.86. The minimum atomic E-state index is -0.0634. The normalized spacial score (nSPS) is 18.0. The largest absolute Gasteiger partial charge is 0.504 e. The lowest BCUT2D eigenvalue weighted by Crippen LogP contribution is -2.34. The highest BCUT2D eigenvalue weighted by Crippen LogP contribution is 2.35. The minimum Gasteiger partial charge on any atom is -0.504 e. The Labute approximate surface area is 141 Å². The van der Waals surface area contributed by atoms with Gasteiger partial charge >= 0.3 is 0 Å². The number of rotatable bonds is 2. The van der Waals surface area contributed by atoms with Gasteiger partial charge in [-0.3, -0.25) is 4.98 Å². The lowest BCUT2D eigenvalue weighted by Gasteiger charge is -2.35. The summed E-state index contributed by atoms with van der Waals surface area (Å²) in [4.78, 5) is 6.85. The Bertz CT molecular complexity index is 873. The quantitative estimate of drug-likeness (QED) is 0.700. The van der Waals surface area contributed by atoms with Crippen LogP contribution in [0.2, 0.25) is 0 Å². The Kier molecular flexibility index (Phi) is 3.73. The number of aromatic nitrogens is 1. The predicted molar refractivity (Wildman–Crippen MR) is 95.7 cm³/mol. The first-order valence-corrected chi connectivity index (χ1v) is 8.33. The summed E-state index contributed by atoms with van der Waals surface area (Å²) in [5.74, 6) is 0.239. The maximum atomic E-state index is 9.78. The SMILES string of the molecule is Oc1ccc(C2CCCN(c3ccnc4ccccc34)C2)cc1O. The number of hydrogen-bond donors (Lipinski definition) is 2. The van der Waals surface area contributed by atoms with Crippen LogP contribution in [0.1, 0.15) is 24.3 Å². The van der Waals surface area contributed by atoms with Crippen molar-refractivity contribution in [2.24, 2.45) is 0 Å². The average molecular weight is 320 g/mol. The van der Waals surface area contributed by atoms with E-state index in [4.69, 9.17) is 0 Å². The number of aromatic hydroxyl groups is 2. The fourth-order valence-corrected chi connectivity index (χ4v) is 3.62. The van der Waals surface area contributed by atoms with Crippen molar-refractivity contribution in [3.05, 3.63) is 60.3 Å². The van der Waals surface area contributed by atoms with Crippen LogP contribution in [0.5, 0.6) is 11.5 Å². The van der Waals surface area contributed by atoms with Crippen molar-refractivity contribution in [2.45, 2.75) is 18.8 Å². The van der Waals surface area contributed by atoms with Crippen LogP contribution in [-0.2, 0) is 0 Å². The number of para-hydroxylation sites is 1. The van der Waals surface area contributed by atoms with Crippen molar-refractivity contribution < 1.29 is 10.2 Å². The molecule has 1 aromatic heterocycles. The van der Waals surface area contributed by atoms with Crippen LogP contribution in [0.25, 0.3) is 10.9 Å². The standard InChI is InChI=1S/C20H20N2O2/c23-19-8-7-14(12-20(19)24)15-4-3-11-22(13-15)18-9-10-21-17-6-2-1-5-16(17)18/h1-2,5-10,12,15,23-24H,3-4,11,13H2. The molecule has 4 rings (SSSR count). The Hall–Kier alpha value is -2.75. The topological polar surface area (TPSA) is 56.6 Å². The number of phenolic OH excluding ortho intramolecular Hbond substituents is 2. The Morgan fingerprint density at radius 1 is 1.00 bits per heavy atom. The summed E-state index contributed by atoms with van der Waals surface area (Å²) in [7, 11) is 0. The molecule has 1 fully saturated rings. The smallest absolute Gasteiger partial charge is 0.157 e. The Morgan fingerprint density at radius 3 is 2.75 bits per heavy atom. The second-order valence-electron chi connectivity index (χ2n) is 6.38. The summed E-state index contributed by atoms with van der Waals surface area (Å²) in [5, 5.41) is 20.5. The highest BCUT2D eigenvalue weighted by Gasteiger charge is 2.23. The van der Waals surface area contributed by atoms with E-state index >= 15 is 0 Å². The fourth-order valence-electron chi connectivity index (χ4n) is 3.62. The van der Waals surface area contributed by atoms with Gasteiger partial charge in [-0.15, -0.1) is 0 Å². The summed E-state index contributed by atoms with van der Waals surface area (Å²) in [5.41, 5.74) is 3.31. The lowest BCUT2D eigenvalue weighted by atomic mass is 9.90. The first-order chi connectivity index (χ1) is 11.7. The van der Waals surface area contributed by atoms with Crippen LogP contribution in [0.3, 0.4) is 0 Å². The van der Waals surface area contributed by atoms with E-state index in [0.29, 0.717) is 5.92 Å². The zero-order valence-corrected chi connectivity index (χ0v) is 13.4. The summed E-state index contributed by atoms with van der Waals surface area (Å²) >= 11 is 0. The van der Waals surface area contributed by atoms with Crippen molar-refractivity contribution in [1.82, 2.24) is 4.98 Å². The van der Waals surface area contributed by atoms with Gasteiger partial charge < -0.3 is 15.1 Å². The number of benzene rings is 2. The first kappa shape index (κ1) is 14.8.